The van der Waals surface area contributed by atoms with E-state index in [0.29, 0.717) is 18.4 Å². The van der Waals surface area contributed by atoms with Gasteiger partial charge in [-0.25, -0.2) is 17.2 Å². The number of carbonyl (C=O) groups is 1. The molecule has 2 heterocycles. The minimum Gasteiger partial charge on any atom is -0.394 e. The van der Waals surface area contributed by atoms with Crippen molar-refractivity contribution in [3.05, 3.63) is 70.8 Å². The SMILES string of the molecule is CC(=O)N1CCC(OCC(O)CO)(c2cc(F)c(CN3[C@@H](C)CC[C@H](c4ccccc4)S3(=O)=O)cc2F)CC1. The maximum absolute atomic E-state index is 15.7. The Morgan fingerprint density at radius 2 is 1.79 bits per heavy atom. The van der Waals surface area contributed by atoms with E-state index >= 15 is 8.78 Å². The van der Waals surface area contributed by atoms with E-state index in [1.165, 1.54) is 11.2 Å². The summed E-state index contributed by atoms with van der Waals surface area (Å²) in [5.74, 6) is -1.68. The maximum Gasteiger partial charge on any atom is 0.221 e. The number of hydrogen-bond acceptors (Lipinski definition) is 6. The van der Waals surface area contributed by atoms with E-state index in [1.54, 1.807) is 36.1 Å². The lowest BCUT2D eigenvalue weighted by Gasteiger charge is -2.42. The van der Waals surface area contributed by atoms with Crippen molar-refractivity contribution >= 4 is 15.9 Å². The van der Waals surface area contributed by atoms with Crippen LogP contribution >= 0.6 is 0 Å². The summed E-state index contributed by atoms with van der Waals surface area (Å²) < 4.78 is 65.6. The molecule has 0 aliphatic carbocycles. The average molecular weight is 567 g/mol. The summed E-state index contributed by atoms with van der Waals surface area (Å²) in [6.45, 7) is 2.51. The Hall–Kier alpha value is -2.44. The molecule has 2 aliphatic rings. The summed E-state index contributed by atoms with van der Waals surface area (Å²) in [4.78, 5) is 13.4. The van der Waals surface area contributed by atoms with Gasteiger partial charge < -0.3 is 19.8 Å². The van der Waals surface area contributed by atoms with Crippen LogP contribution in [0.1, 0.15) is 61.5 Å². The first kappa shape index (κ1) is 29.5. The highest BCUT2D eigenvalue weighted by Crippen LogP contribution is 2.41. The van der Waals surface area contributed by atoms with Crippen molar-refractivity contribution in [3.63, 3.8) is 0 Å². The minimum absolute atomic E-state index is 0.0613. The molecule has 39 heavy (non-hydrogen) atoms. The zero-order chi connectivity index (χ0) is 28.4. The fourth-order valence-corrected chi connectivity index (χ4v) is 7.75. The number of sulfonamides is 1. The average Bonchev–Trinajstić information content (AvgIpc) is 2.91. The molecule has 2 fully saturated rings. The van der Waals surface area contributed by atoms with Gasteiger partial charge in [-0.05, 0) is 50.3 Å². The third-order valence-corrected chi connectivity index (χ3v) is 10.3. The molecule has 0 saturated carbocycles. The number of aliphatic hydroxyl groups is 2. The van der Waals surface area contributed by atoms with Gasteiger partial charge in [0.05, 0.1) is 18.8 Å². The molecule has 0 aromatic heterocycles. The Bertz CT molecular complexity index is 1270. The van der Waals surface area contributed by atoms with Gasteiger partial charge in [-0.2, -0.15) is 4.31 Å². The summed E-state index contributed by atoms with van der Waals surface area (Å²) in [6.07, 6.45) is 0.144. The Morgan fingerprint density at radius 3 is 2.41 bits per heavy atom. The van der Waals surface area contributed by atoms with Gasteiger partial charge in [-0.1, -0.05) is 30.3 Å². The third-order valence-electron chi connectivity index (χ3n) is 7.93. The van der Waals surface area contributed by atoms with Gasteiger partial charge in [0.15, 0.2) is 0 Å². The van der Waals surface area contributed by atoms with Gasteiger partial charge in [0.2, 0.25) is 15.9 Å². The topological polar surface area (TPSA) is 107 Å². The smallest absolute Gasteiger partial charge is 0.221 e. The molecular formula is C28H36F2N2O6S. The molecule has 8 nitrogen and oxygen atoms in total. The van der Waals surface area contributed by atoms with Crippen LogP contribution in [0.4, 0.5) is 8.78 Å². The first-order valence-corrected chi connectivity index (χ1v) is 14.7. The molecule has 2 aliphatic heterocycles. The number of benzene rings is 2. The highest BCUT2D eigenvalue weighted by atomic mass is 32.2. The molecule has 2 N–H and O–H groups in total. The largest absolute Gasteiger partial charge is 0.394 e. The Balaban J connectivity index is 1.63. The van der Waals surface area contributed by atoms with Crippen molar-refractivity contribution in [1.29, 1.82) is 0 Å². The van der Waals surface area contributed by atoms with Crippen LogP contribution in [0.5, 0.6) is 0 Å². The summed E-state index contributed by atoms with van der Waals surface area (Å²) in [6, 6.07) is 10.6. The number of ether oxygens (including phenoxy) is 1. The molecule has 2 aromatic rings. The highest BCUT2D eigenvalue weighted by Gasteiger charge is 2.43. The molecule has 2 aromatic carbocycles. The second-order valence-electron chi connectivity index (χ2n) is 10.5. The van der Waals surface area contributed by atoms with Crippen molar-refractivity contribution in [2.45, 2.75) is 69.1 Å². The second-order valence-corrected chi connectivity index (χ2v) is 12.6. The quantitative estimate of drug-likeness (QED) is 0.508. The monoisotopic (exact) mass is 566 g/mol. The van der Waals surface area contributed by atoms with Crippen molar-refractivity contribution in [3.8, 4) is 0 Å². The lowest BCUT2D eigenvalue weighted by molar-refractivity contribution is -0.143. The number of halogens is 2. The molecule has 0 bridgehead atoms. The van der Waals surface area contributed by atoms with Crippen LogP contribution in [-0.4, -0.2) is 72.2 Å². The molecule has 4 rings (SSSR count). The van der Waals surface area contributed by atoms with Gasteiger partial charge in [-0.3, -0.25) is 4.79 Å². The van der Waals surface area contributed by atoms with Crippen LogP contribution in [-0.2, 0) is 31.7 Å². The van der Waals surface area contributed by atoms with Gasteiger partial charge in [0, 0.05) is 43.7 Å². The van der Waals surface area contributed by atoms with Crippen LogP contribution in [0.3, 0.4) is 0 Å². The number of rotatable bonds is 8. The number of likely N-dealkylation sites (tertiary alicyclic amines) is 1. The van der Waals surface area contributed by atoms with E-state index in [-0.39, 0.29) is 62.2 Å². The zero-order valence-electron chi connectivity index (χ0n) is 22.2. The molecule has 11 heteroatoms. The summed E-state index contributed by atoms with van der Waals surface area (Å²) in [7, 11) is -3.84. The van der Waals surface area contributed by atoms with Gasteiger partial charge >= 0.3 is 0 Å². The molecule has 214 valence electrons. The highest BCUT2D eigenvalue weighted by molar-refractivity contribution is 7.89. The van der Waals surface area contributed by atoms with Crippen molar-refractivity contribution in [2.24, 2.45) is 0 Å². The molecule has 1 amide bonds. The van der Waals surface area contributed by atoms with Gasteiger partial charge in [0.1, 0.15) is 23.0 Å². The lowest BCUT2D eigenvalue weighted by Crippen LogP contribution is -2.47. The van der Waals surface area contributed by atoms with Crippen LogP contribution in [0.2, 0.25) is 0 Å². The van der Waals surface area contributed by atoms with Crippen molar-refractivity contribution < 1.29 is 36.9 Å². The van der Waals surface area contributed by atoms with E-state index in [0.717, 1.165) is 12.1 Å². The van der Waals surface area contributed by atoms with Crippen LogP contribution in [0, 0.1) is 11.6 Å². The predicted molar refractivity (Wildman–Crippen MR) is 141 cm³/mol. The molecule has 0 spiro atoms. The van der Waals surface area contributed by atoms with E-state index in [2.05, 4.69) is 0 Å². The third kappa shape index (κ3) is 6.17. The second kappa shape index (κ2) is 12.0. The predicted octanol–water partition coefficient (Wildman–Crippen LogP) is 3.23. The van der Waals surface area contributed by atoms with Crippen LogP contribution < -0.4 is 0 Å². The lowest BCUT2D eigenvalue weighted by atomic mass is 9.83. The van der Waals surface area contributed by atoms with E-state index in [4.69, 9.17) is 4.74 Å². The van der Waals surface area contributed by atoms with Crippen LogP contribution in [0.15, 0.2) is 42.5 Å². The number of hydrogen-bond donors (Lipinski definition) is 2. The summed E-state index contributed by atoms with van der Waals surface area (Å²) in [5.41, 5.74) is -0.813. The normalized spacial score (nSPS) is 23.9. The minimum atomic E-state index is -3.84. The fourth-order valence-electron chi connectivity index (χ4n) is 5.56. The van der Waals surface area contributed by atoms with E-state index in [9.17, 15) is 23.4 Å². The fraction of sp³-hybridized carbons (Fsp3) is 0.536. The molecular weight excluding hydrogens is 530 g/mol. The van der Waals surface area contributed by atoms with E-state index in [1.807, 2.05) is 6.07 Å². The number of nitrogens with zero attached hydrogens (tertiary/aromatic N) is 2. The summed E-state index contributed by atoms with van der Waals surface area (Å²) in [5, 5.41) is 18.3. The molecule has 3 atom stereocenters. The number of aliphatic hydroxyl groups excluding tert-OH is 2. The molecule has 1 unspecified atom stereocenters. The van der Waals surface area contributed by atoms with Gasteiger partial charge in [-0.15, -0.1) is 0 Å². The Morgan fingerprint density at radius 1 is 1.13 bits per heavy atom. The standard InChI is InChI=1S/C28H36F2N2O6S/c1-19-8-9-27(21-6-4-3-5-7-21)39(36,37)32(19)16-22-14-26(30)24(15-25(22)29)28(38-18-23(35)17-33)10-12-31(13-11-28)20(2)34/h3-7,14-15,19,23,27,33,35H,8-13,16-18H2,1-2H3/t19-,23?,27+/m0/s1. The van der Waals surface area contributed by atoms with E-state index < -0.39 is 45.2 Å². The molecule has 2 saturated heterocycles. The zero-order valence-corrected chi connectivity index (χ0v) is 23.0. The molecule has 0 radical (unpaired) electrons. The Kier molecular flexibility index (Phi) is 9.07. The number of amides is 1. The maximum atomic E-state index is 15.7. The first-order valence-electron chi connectivity index (χ1n) is 13.2. The summed E-state index contributed by atoms with van der Waals surface area (Å²) >= 11 is 0. The number of piperidine rings is 1. The van der Waals surface area contributed by atoms with Crippen molar-refractivity contribution in [2.75, 3.05) is 26.3 Å². The van der Waals surface area contributed by atoms with Crippen molar-refractivity contribution in [1.82, 2.24) is 9.21 Å². The first-order chi connectivity index (χ1) is 18.5. The number of carbonyl (C=O) groups excluding carboxylic acids is 1. The Labute approximate surface area is 228 Å². The van der Waals surface area contributed by atoms with Gasteiger partial charge in [0.25, 0.3) is 0 Å². The van der Waals surface area contributed by atoms with Crippen LogP contribution in [0.25, 0.3) is 0 Å².